The zero-order chi connectivity index (χ0) is 46.5. The molecule has 0 aromatic heterocycles. The van der Waals surface area contributed by atoms with E-state index in [1.165, 1.54) is 231 Å². The van der Waals surface area contributed by atoms with Gasteiger partial charge in [-0.1, -0.05) is 244 Å². The lowest BCUT2D eigenvalue weighted by atomic mass is 10.0. The van der Waals surface area contributed by atoms with Crippen molar-refractivity contribution >= 4 is 11.9 Å². The number of amides is 1. The lowest BCUT2D eigenvalue weighted by Gasteiger charge is -2.22. The lowest BCUT2D eigenvalue weighted by molar-refractivity contribution is -0.143. The van der Waals surface area contributed by atoms with Gasteiger partial charge >= 0.3 is 5.97 Å². The van der Waals surface area contributed by atoms with Gasteiger partial charge in [-0.15, -0.1) is 0 Å². The molecule has 0 aliphatic rings. The Bertz CT molecular complexity index is 997. The monoisotopic (exact) mass is 902 g/mol. The second-order valence-electron chi connectivity index (χ2n) is 19.6. The molecule has 0 radical (unpaired) electrons. The third-order valence-electron chi connectivity index (χ3n) is 13.2. The summed E-state index contributed by atoms with van der Waals surface area (Å²) < 4.78 is 5.48. The molecule has 1 amide bonds. The molecule has 378 valence electrons. The molecular formula is C58H111NO5. The van der Waals surface area contributed by atoms with Crippen molar-refractivity contribution in [3.8, 4) is 0 Å². The Labute approximate surface area is 399 Å². The largest absolute Gasteiger partial charge is 0.466 e. The molecule has 0 fully saturated rings. The highest BCUT2D eigenvalue weighted by atomic mass is 16.5. The van der Waals surface area contributed by atoms with Crippen molar-refractivity contribution in [2.45, 2.75) is 321 Å². The number of unbranched alkanes of at least 4 members (excludes halogenated alkanes) is 38. The minimum absolute atomic E-state index is 0.000618. The molecule has 0 aromatic rings. The van der Waals surface area contributed by atoms with Crippen LogP contribution in [0.1, 0.15) is 309 Å². The number of carbonyl (C=O) groups is 2. The maximum Gasteiger partial charge on any atom is 0.305 e. The van der Waals surface area contributed by atoms with Crippen molar-refractivity contribution in [3.63, 3.8) is 0 Å². The maximum absolute atomic E-state index is 12.4. The van der Waals surface area contributed by atoms with Gasteiger partial charge in [0, 0.05) is 12.8 Å². The number of carbonyl (C=O) groups excluding carboxylic acids is 2. The van der Waals surface area contributed by atoms with Gasteiger partial charge in [0.15, 0.2) is 0 Å². The van der Waals surface area contributed by atoms with E-state index in [-0.39, 0.29) is 18.5 Å². The van der Waals surface area contributed by atoms with E-state index >= 15 is 0 Å². The van der Waals surface area contributed by atoms with Crippen molar-refractivity contribution in [3.05, 3.63) is 24.3 Å². The van der Waals surface area contributed by atoms with E-state index in [4.69, 9.17) is 4.74 Å². The molecule has 0 aliphatic carbocycles. The molecule has 0 rings (SSSR count). The van der Waals surface area contributed by atoms with Crippen LogP contribution in [-0.4, -0.2) is 47.4 Å². The van der Waals surface area contributed by atoms with Crippen LogP contribution in [-0.2, 0) is 14.3 Å². The number of nitrogens with one attached hydrogen (secondary N) is 1. The molecule has 64 heavy (non-hydrogen) atoms. The summed E-state index contributed by atoms with van der Waals surface area (Å²) in [6.45, 7) is 4.93. The molecule has 0 saturated heterocycles. The summed E-state index contributed by atoms with van der Waals surface area (Å²) in [6, 6.07) is -0.547. The number of ether oxygens (including phenoxy) is 1. The first-order valence-electron chi connectivity index (χ1n) is 28.6. The summed E-state index contributed by atoms with van der Waals surface area (Å²) in [6.07, 6.45) is 64.5. The van der Waals surface area contributed by atoms with Gasteiger partial charge in [-0.25, -0.2) is 0 Å². The van der Waals surface area contributed by atoms with Gasteiger partial charge in [-0.3, -0.25) is 9.59 Å². The van der Waals surface area contributed by atoms with Crippen molar-refractivity contribution < 1.29 is 24.5 Å². The van der Waals surface area contributed by atoms with E-state index in [0.717, 1.165) is 44.9 Å². The maximum atomic E-state index is 12.4. The topological polar surface area (TPSA) is 95.9 Å². The zero-order valence-electron chi connectivity index (χ0n) is 43.0. The minimum atomic E-state index is -0.669. The smallest absolute Gasteiger partial charge is 0.305 e. The van der Waals surface area contributed by atoms with E-state index in [2.05, 4.69) is 43.5 Å². The van der Waals surface area contributed by atoms with Crippen LogP contribution in [0.2, 0.25) is 0 Å². The van der Waals surface area contributed by atoms with Gasteiger partial charge in [-0.05, 0) is 77.0 Å². The summed E-state index contributed by atoms with van der Waals surface area (Å²) in [7, 11) is 0. The predicted octanol–water partition coefficient (Wildman–Crippen LogP) is 17.5. The molecule has 0 heterocycles. The Balaban J connectivity index is 3.41. The second kappa shape index (κ2) is 54.0. The summed E-state index contributed by atoms with van der Waals surface area (Å²) in [5.74, 6) is -0.0448. The van der Waals surface area contributed by atoms with Crippen molar-refractivity contribution in [2.75, 3.05) is 13.2 Å². The number of hydrogen-bond donors (Lipinski definition) is 3. The molecule has 0 saturated carbocycles. The fourth-order valence-electron chi connectivity index (χ4n) is 8.81. The molecule has 6 nitrogen and oxygen atoms in total. The quantitative estimate of drug-likeness (QED) is 0.0321. The Hall–Kier alpha value is -1.66. The first-order valence-corrected chi connectivity index (χ1v) is 28.6. The summed E-state index contributed by atoms with van der Waals surface area (Å²) in [4.78, 5) is 24.5. The van der Waals surface area contributed by atoms with E-state index in [9.17, 15) is 19.8 Å². The van der Waals surface area contributed by atoms with Gasteiger partial charge in [0.2, 0.25) is 5.91 Å². The van der Waals surface area contributed by atoms with E-state index in [1.54, 1.807) is 0 Å². The fourth-order valence-corrected chi connectivity index (χ4v) is 8.81. The van der Waals surface area contributed by atoms with Crippen LogP contribution in [0.5, 0.6) is 0 Å². The average molecular weight is 903 g/mol. The van der Waals surface area contributed by atoms with Crippen LogP contribution in [0.25, 0.3) is 0 Å². The van der Waals surface area contributed by atoms with Gasteiger partial charge in [0.05, 0.1) is 25.4 Å². The van der Waals surface area contributed by atoms with Crippen LogP contribution in [0.15, 0.2) is 24.3 Å². The summed E-state index contributed by atoms with van der Waals surface area (Å²) in [5, 5.41) is 23.2. The number of aliphatic hydroxyl groups is 2. The van der Waals surface area contributed by atoms with Crippen molar-refractivity contribution in [2.24, 2.45) is 0 Å². The third kappa shape index (κ3) is 49.8. The molecule has 0 aliphatic heterocycles. The van der Waals surface area contributed by atoms with Crippen LogP contribution in [0.4, 0.5) is 0 Å². The fraction of sp³-hybridized carbons (Fsp3) is 0.897. The SMILES string of the molecule is CCCCCCCC/C=C\CCCCCCCCCC(=O)OCCCCCCCCCC/C=C\CCCCCCCCCC(=O)NC(CO)C(O)CCCCCCCCCCCCC. The number of rotatable bonds is 53. The standard InChI is InChI=1S/C58H111NO5/c1-3-5-7-9-11-13-15-16-17-21-25-28-32-36-40-44-48-52-58(63)64-53-49-45-41-37-33-29-26-23-20-18-19-22-24-27-31-35-39-43-47-51-57(62)59-55(54-60)56(61)50-46-42-38-34-30-14-12-10-8-6-4-2/h16-19,55-56,60-61H,3-15,20-54H2,1-2H3,(H,59,62)/b17-16-,19-18-. The molecular weight excluding hydrogens is 791 g/mol. The van der Waals surface area contributed by atoms with Crippen molar-refractivity contribution in [1.29, 1.82) is 0 Å². The van der Waals surface area contributed by atoms with Crippen molar-refractivity contribution in [1.82, 2.24) is 5.32 Å². The molecule has 2 unspecified atom stereocenters. The van der Waals surface area contributed by atoms with Crippen LogP contribution < -0.4 is 5.32 Å². The highest BCUT2D eigenvalue weighted by Crippen LogP contribution is 2.16. The molecule has 0 bridgehead atoms. The number of hydrogen-bond acceptors (Lipinski definition) is 5. The second-order valence-corrected chi connectivity index (χ2v) is 19.6. The highest BCUT2D eigenvalue weighted by Gasteiger charge is 2.20. The van der Waals surface area contributed by atoms with Gasteiger partial charge in [0.25, 0.3) is 0 Å². The highest BCUT2D eigenvalue weighted by molar-refractivity contribution is 5.76. The van der Waals surface area contributed by atoms with E-state index in [1.807, 2.05) is 0 Å². The summed E-state index contributed by atoms with van der Waals surface area (Å²) >= 11 is 0. The molecule has 0 aromatic carbocycles. The van der Waals surface area contributed by atoms with Crippen LogP contribution >= 0.6 is 0 Å². The van der Waals surface area contributed by atoms with Gasteiger partial charge in [-0.2, -0.15) is 0 Å². The first-order chi connectivity index (χ1) is 31.5. The first kappa shape index (κ1) is 62.3. The lowest BCUT2D eigenvalue weighted by Crippen LogP contribution is -2.45. The molecule has 2 atom stereocenters. The Morgan fingerprint density at radius 3 is 1.11 bits per heavy atom. The Morgan fingerprint density at radius 2 is 0.734 bits per heavy atom. The van der Waals surface area contributed by atoms with Crippen LogP contribution in [0.3, 0.4) is 0 Å². The van der Waals surface area contributed by atoms with Gasteiger partial charge in [0.1, 0.15) is 0 Å². The third-order valence-corrected chi connectivity index (χ3v) is 13.2. The number of esters is 1. The zero-order valence-corrected chi connectivity index (χ0v) is 43.0. The van der Waals surface area contributed by atoms with Crippen LogP contribution in [0, 0.1) is 0 Å². The number of allylic oxidation sites excluding steroid dienone is 4. The molecule has 3 N–H and O–H groups in total. The average Bonchev–Trinajstić information content (AvgIpc) is 3.29. The normalized spacial score (nSPS) is 12.8. The predicted molar refractivity (Wildman–Crippen MR) is 278 cm³/mol. The molecule has 6 heteroatoms. The number of aliphatic hydroxyl groups excluding tert-OH is 2. The Kier molecular flexibility index (Phi) is 52.6. The van der Waals surface area contributed by atoms with Gasteiger partial charge < -0.3 is 20.3 Å². The van der Waals surface area contributed by atoms with E-state index in [0.29, 0.717) is 25.9 Å². The minimum Gasteiger partial charge on any atom is -0.466 e. The Morgan fingerprint density at radius 1 is 0.422 bits per heavy atom. The van der Waals surface area contributed by atoms with E-state index < -0.39 is 12.1 Å². The summed E-state index contributed by atoms with van der Waals surface area (Å²) in [5.41, 5.74) is 0. The molecule has 0 spiro atoms.